The summed E-state index contributed by atoms with van der Waals surface area (Å²) in [7, 11) is 1.84. The molecule has 86 valence electrons. The first-order valence-corrected chi connectivity index (χ1v) is 5.83. The van der Waals surface area contributed by atoms with Crippen molar-refractivity contribution in [2.45, 2.75) is 13.3 Å². The van der Waals surface area contributed by atoms with Crippen LogP contribution in [0.2, 0.25) is 0 Å². The van der Waals surface area contributed by atoms with Crippen LogP contribution in [0.4, 0.5) is 5.69 Å². The first-order valence-electron chi connectivity index (χ1n) is 5.83. The Hall–Kier alpha value is -1.51. The molecule has 1 heterocycles. The quantitative estimate of drug-likeness (QED) is 0.774. The van der Waals surface area contributed by atoms with Crippen molar-refractivity contribution in [2.75, 3.05) is 31.6 Å². The van der Waals surface area contributed by atoms with Gasteiger partial charge in [-0.3, -0.25) is 4.79 Å². The number of para-hydroxylation sites is 1. The highest BCUT2D eigenvalue weighted by molar-refractivity contribution is 5.99. The minimum absolute atomic E-state index is 0.116. The molecule has 1 saturated heterocycles. The fourth-order valence-corrected chi connectivity index (χ4v) is 1.84. The Morgan fingerprint density at radius 1 is 1.38 bits per heavy atom. The summed E-state index contributed by atoms with van der Waals surface area (Å²) in [6.45, 7) is 4.87. The van der Waals surface area contributed by atoms with E-state index in [-0.39, 0.29) is 5.91 Å². The molecule has 2 rings (SSSR count). The number of amides is 1. The van der Waals surface area contributed by atoms with Gasteiger partial charge in [-0.15, -0.1) is 0 Å². The lowest BCUT2D eigenvalue weighted by Gasteiger charge is -2.34. The summed E-state index contributed by atoms with van der Waals surface area (Å²) in [5.74, 6) is 0.116. The molecule has 0 radical (unpaired) electrons. The first kappa shape index (κ1) is 11.0. The number of carbonyl (C=O) groups is 1. The molecule has 16 heavy (non-hydrogen) atoms. The van der Waals surface area contributed by atoms with Gasteiger partial charge in [-0.1, -0.05) is 12.1 Å². The van der Waals surface area contributed by atoms with Gasteiger partial charge in [0.15, 0.2) is 0 Å². The molecule has 1 amide bonds. The standard InChI is InChI=1S/C13H18N2O/c1-3-14(2)13(16)11-7-4-5-8-12(11)15-9-6-10-15/h4-5,7-8H,3,6,9-10H2,1-2H3. The van der Waals surface area contributed by atoms with Gasteiger partial charge >= 0.3 is 0 Å². The Bertz CT molecular complexity index is 385. The average Bonchev–Trinajstić information content (AvgIpc) is 2.25. The van der Waals surface area contributed by atoms with Crippen molar-refractivity contribution in [3.05, 3.63) is 29.8 Å². The Morgan fingerprint density at radius 2 is 2.06 bits per heavy atom. The number of hydrogen-bond acceptors (Lipinski definition) is 2. The molecule has 0 atom stereocenters. The minimum atomic E-state index is 0.116. The Kier molecular flexibility index (Phi) is 3.13. The number of benzene rings is 1. The highest BCUT2D eigenvalue weighted by atomic mass is 16.2. The van der Waals surface area contributed by atoms with E-state index in [0.29, 0.717) is 0 Å². The lowest BCUT2D eigenvalue weighted by atomic mass is 10.1. The molecule has 0 bridgehead atoms. The van der Waals surface area contributed by atoms with Crippen molar-refractivity contribution in [2.24, 2.45) is 0 Å². The van der Waals surface area contributed by atoms with Crippen LogP contribution in [-0.4, -0.2) is 37.5 Å². The largest absolute Gasteiger partial charge is 0.371 e. The Balaban J connectivity index is 2.28. The van der Waals surface area contributed by atoms with E-state index in [9.17, 15) is 4.79 Å². The van der Waals surface area contributed by atoms with Crippen molar-refractivity contribution in [1.82, 2.24) is 4.90 Å². The van der Waals surface area contributed by atoms with E-state index in [1.54, 1.807) is 4.90 Å². The molecular formula is C13H18N2O. The van der Waals surface area contributed by atoms with Crippen LogP contribution in [0, 0.1) is 0 Å². The van der Waals surface area contributed by atoms with Crippen molar-refractivity contribution in [3.63, 3.8) is 0 Å². The van der Waals surface area contributed by atoms with E-state index in [0.717, 1.165) is 30.9 Å². The summed E-state index contributed by atoms with van der Waals surface area (Å²) in [6.07, 6.45) is 1.23. The predicted molar refractivity (Wildman–Crippen MR) is 65.9 cm³/mol. The van der Waals surface area contributed by atoms with Crippen LogP contribution in [0.3, 0.4) is 0 Å². The molecule has 0 spiro atoms. The summed E-state index contributed by atoms with van der Waals surface area (Å²) < 4.78 is 0. The molecule has 1 aliphatic rings. The highest BCUT2D eigenvalue weighted by Gasteiger charge is 2.21. The van der Waals surface area contributed by atoms with Crippen LogP contribution in [0.5, 0.6) is 0 Å². The van der Waals surface area contributed by atoms with Crippen LogP contribution < -0.4 is 4.90 Å². The number of rotatable bonds is 3. The summed E-state index contributed by atoms with van der Waals surface area (Å²) in [5.41, 5.74) is 1.91. The molecule has 1 fully saturated rings. The third-order valence-corrected chi connectivity index (χ3v) is 3.15. The Labute approximate surface area is 96.7 Å². The van der Waals surface area contributed by atoms with Crippen LogP contribution in [-0.2, 0) is 0 Å². The summed E-state index contributed by atoms with van der Waals surface area (Å²) >= 11 is 0. The van der Waals surface area contributed by atoms with Crippen LogP contribution in [0.25, 0.3) is 0 Å². The molecule has 0 N–H and O–H groups in total. The third kappa shape index (κ3) is 1.90. The van der Waals surface area contributed by atoms with Crippen LogP contribution in [0.15, 0.2) is 24.3 Å². The molecule has 0 unspecified atom stereocenters. The zero-order chi connectivity index (χ0) is 11.5. The van der Waals surface area contributed by atoms with Gasteiger partial charge < -0.3 is 9.80 Å². The van der Waals surface area contributed by atoms with Gasteiger partial charge in [0.05, 0.1) is 5.56 Å². The minimum Gasteiger partial charge on any atom is -0.371 e. The van der Waals surface area contributed by atoms with Gasteiger partial charge in [-0.2, -0.15) is 0 Å². The van der Waals surface area contributed by atoms with Crippen molar-refractivity contribution in [3.8, 4) is 0 Å². The second-order valence-electron chi connectivity index (χ2n) is 4.18. The third-order valence-electron chi connectivity index (χ3n) is 3.15. The number of nitrogens with zero attached hydrogens (tertiary/aromatic N) is 2. The normalized spacial score (nSPS) is 14.5. The van der Waals surface area contributed by atoms with E-state index in [2.05, 4.69) is 4.90 Å². The molecule has 3 nitrogen and oxygen atoms in total. The monoisotopic (exact) mass is 218 g/mol. The molecule has 1 aliphatic heterocycles. The lowest BCUT2D eigenvalue weighted by molar-refractivity contribution is 0.0803. The van der Waals surface area contributed by atoms with E-state index in [4.69, 9.17) is 0 Å². The van der Waals surface area contributed by atoms with Crippen LogP contribution in [0.1, 0.15) is 23.7 Å². The second kappa shape index (κ2) is 4.56. The number of carbonyl (C=O) groups excluding carboxylic acids is 1. The van der Waals surface area contributed by atoms with Crippen LogP contribution >= 0.6 is 0 Å². The maximum atomic E-state index is 12.1. The molecular weight excluding hydrogens is 200 g/mol. The highest BCUT2D eigenvalue weighted by Crippen LogP contribution is 2.25. The first-order chi connectivity index (χ1) is 7.74. The number of anilines is 1. The summed E-state index contributed by atoms with van der Waals surface area (Å²) in [6, 6.07) is 7.88. The van der Waals surface area contributed by atoms with E-state index in [1.807, 2.05) is 38.2 Å². The van der Waals surface area contributed by atoms with Gasteiger partial charge in [0.25, 0.3) is 5.91 Å². The van der Waals surface area contributed by atoms with E-state index >= 15 is 0 Å². The fourth-order valence-electron chi connectivity index (χ4n) is 1.84. The zero-order valence-corrected chi connectivity index (χ0v) is 9.94. The van der Waals surface area contributed by atoms with E-state index in [1.165, 1.54) is 6.42 Å². The van der Waals surface area contributed by atoms with Crippen molar-refractivity contribution < 1.29 is 4.79 Å². The maximum Gasteiger partial charge on any atom is 0.255 e. The smallest absolute Gasteiger partial charge is 0.255 e. The number of hydrogen-bond donors (Lipinski definition) is 0. The SMILES string of the molecule is CCN(C)C(=O)c1ccccc1N1CCC1. The van der Waals surface area contributed by atoms with Crippen molar-refractivity contribution >= 4 is 11.6 Å². The van der Waals surface area contributed by atoms with Gasteiger partial charge in [0.1, 0.15) is 0 Å². The molecule has 0 aromatic heterocycles. The summed E-state index contributed by atoms with van der Waals surface area (Å²) in [4.78, 5) is 16.1. The topological polar surface area (TPSA) is 23.6 Å². The van der Waals surface area contributed by atoms with Gasteiger partial charge in [0.2, 0.25) is 0 Å². The average molecular weight is 218 g/mol. The van der Waals surface area contributed by atoms with Gasteiger partial charge in [-0.25, -0.2) is 0 Å². The molecule has 0 aliphatic carbocycles. The van der Waals surface area contributed by atoms with Gasteiger partial charge in [0, 0.05) is 32.4 Å². The van der Waals surface area contributed by atoms with Gasteiger partial charge in [-0.05, 0) is 25.5 Å². The predicted octanol–water partition coefficient (Wildman–Crippen LogP) is 1.99. The van der Waals surface area contributed by atoms with E-state index < -0.39 is 0 Å². The second-order valence-corrected chi connectivity index (χ2v) is 4.18. The molecule has 0 saturated carbocycles. The zero-order valence-electron chi connectivity index (χ0n) is 9.94. The molecule has 1 aromatic carbocycles. The lowest BCUT2D eigenvalue weighted by Crippen LogP contribution is -2.39. The van der Waals surface area contributed by atoms with Crippen molar-refractivity contribution in [1.29, 1.82) is 0 Å². The fraction of sp³-hybridized carbons (Fsp3) is 0.462. The molecule has 1 aromatic rings. The maximum absolute atomic E-state index is 12.1. The Morgan fingerprint density at radius 3 is 2.62 bits per heavy atom. The molecule has 3 heteroatoms. The summed E-state index contributed by atoms with van der Waals surface area (Å²) in [5, 5.41) is 0.